The van der Waals surface area contributed by atoms with E-state index in [1.807, 2.05) is 11.0 Å². The number of alkyl halides is 6. The average molecular weight is 563 g/mol. The second kappa shape index (κ2) is 9.85. The molecule has 3 aromatic rings. The molecular formula is C22H24F6N8OS. The highest BCUT2D eigenvalue weighted by molar-refractivity contribution is 7.18. The number of carbonyl (C=O) groups excluding carboxylic acids is 1. The SMILES string of the molecule is CCCc1cc2c(N3CCn4c(nnc4C(F)(F)F)C3)nc(N3CC[C@H](NC(=O)CC(F)(F)F)C3)nc2s1. The molecule has 0 aromatic carbocycles. The molecule has 2 aliphatic heterocycles. The summed E-state index contributed by atoms with van der Waals surface area (Å²) in [5, 5.41) is 10.3. The van der Waals surface area contributed by atoms with E-state index in [0.29, 0.717) is 29.6 Å². The zero-order valence-corrected chi connectivity index (χ0v) is 21.0. The van der Waals surface area contributed by atoms with Gasteiger partial charge in [-0.25, -0.2) is 4.98 Å². The number of nitrogens with one attached hydrogen (secondary N) is 1. The van der Waals surface area contributed by atoms with Crippen LogP contribution in [-0.4, -0.2) is 62.5 Å². The largest absolute Gasteiger partial charge is 0.451 e. The highest BCUT2D eigenvalue weighted by Gasteiger charge is 2.40. The Hall–Kier alpha value is -3.17. The zero-order valence-electron chi connectivity index (χ0n) is 20.2. The summed E-state index contributed by atoms with van der Waals surface area (Å²) in [6, 6.07) is 1.51. The lowest BCUT2D eigenvalue weighted by Gasteiger charge is -2.30. The van der Waals surface area contributed by atoms with Gasteiger partial charge in [0.05, 0.1) is 11.9 Å². The van der Waals surface area contributed by atoms with Crippen molar-refractivity contribution in [3.05, 3.63) is 22.6 Å². The molecule has 0 radical (unpaired) electrons. The molecule has 5 heterocycles. The highest BCUT2D eigenvalue weighted by Crippen LogP contribution is 2.36. The van der Waals surface area contributed by atoms with Crippen molar-refractivity contribution in [3.63, 3.8) is 0 Å². The number of amides is 1. The molecule has 0 aliphatic carbocycles. The molecule has 1 fully saturated rings. The van der Waals surface area contributed by atoms with E-state index in [4.69, 9.17) is 9.97 Å². The van der Waals surface area contributed by atoms with E-state index >= 15 is 0 Å². The number of hydrogen-bond donors (Lipinski definition) is 1. The second-order valence-corrected chi connectivity index (χ2v) is 10.4. The molecule has 1 N–H and O–H groups in total. The van der Waals surface area contributed by atoms with Crippen LogP contribution in [0.3, 0.4) is 0 Å². The van der Waals surface area contributed by atoms with Gasteiger partial charge in [0.2, 0.25) is 17.7 Å². The lowest BCUT2D eigenvalue weighted by atomic mass is 10.2. The fourth-order valence-electron chi connectivity index (χ4n) is 4.77. The first kappa shape index (κ1) is 26.4. The molecule has 0 spiro atoms. The third-order valence-corrected chi connectivity index (χ3v) is 7.50. The highest BCUT2D eigenvalue weighted by atomic mass is 32.1. The van der Waals surface area contributed by atoms with Gasteiger partial charge in [-0.15, -0.1) is 21.5 Å². The van der Waals surface area contributed by atoms with Gasteiger partial charge in [-0.05, 0) is 18.9 Å². The van der Waals surface area contributed by atoms with Gasteiger partial charge in [-0.1, -0.05) is 13.3 Å². The summed E-state index contributed by atoms with van der Waals surface area (Å²) in [5.74, 6) is -1.03. The quantitative estimate of drug-likeness (QED) is 0.456. The Morgan fingerprint density at radius 1 is 1.11 bits per heavy atom. The number of fused-ring (bicyclic) bond motifs is 2. The lowest BCUT2D eigenvalue weighted by Crippen LogP contribution is -2.39. The normalized spacial score (nSPS) is 18.3. The maximum absolute atomic E-state index is 13.3. The molecule has 206 valence electrons. The van der Waals surface area contributed by atoms with E-state index in [-0.39, 0.29) is 32.0 Å². The maximum Gasteiger partial charge on any atom is 0.451 e. The van der Waals surface area contributed by atoms with Crippen molar-refractivity contribution < 1.29 is 31.1 Å². The van der Waals surface area contributed by atoms with E-state index in [2.05, 4.69) is 22.4 Å². The van der Waals surface area contributed by atoms with Gasteiger partial charge >= 0.3 is 12.4 Å². The number of halogens is 6. The fraction of sp³-hybridized carbons (Fsp3) is 0.591. The fourth-order valence-corrected chi connectivity index (χ4v) is 5.88. The smallest absolute Gasteiger partial charge is 0.351 e. The Morgan fingerprint density at radius 2 is 1.89 bits per heavy atom. The number of aryl methyl sites for hydroxylation is 1. The van der Waals surface area contributed by atoms with Gasteiger partial charge in [0.25, 0.3) is 0 Å². The summed E-state index contributed by atoms with van der Waals surface area (Å²) in [5.41, 5.74) is 0. The van der Waals surface area contributed by atoms with Crippen molar-refractivity contribution in [1.82, 2.24) is 30.0 Å². The summed E-state index contributed by atoms with van der Waals surface area (Å²) >= 11 is 1.50. The van der Waals surface area contributed by atoms with Gasteiger partial charge in [-0.3, -0.25) is 4.79 Å². The standard InChI is InChI=1S/C22H24F6N8OS/c1-2-3-13-8-14-17(34-6-7-36-15(11-34)32-33-19(36)22(26,27)28)30-20(31-18(14)38-13)35-5-4-12(10-35)29-16(37)9-21(23,24)25/h8,12H,2-7,9-11H2,1H3,(H,29,37)/t12-/m0/s1. The first-order valence-corrected chi connectivity index (χ1v) is 12.9. The summed E-state index contributed by atoms with van der Waals surface area (Å²) in [6.45, 7) is 3.07. The van der Waals surface area contributed by atoms with Crippen LogP contribution in [0.4, 0.5) is 38.1 Å². The molecule has 1 saturated heterocycles. The van der Waals surface area contributed by atoms with Gasteiger partial charge in [0.1, 0.15) is 17.1 Å². The Labute approximate surface area is 216 Å². The predicted molar refractivity (Wildman–Crippen MR) is 127 cm³/mol. The van der Waals surface area contributed by atoms with Gasteiger partial charge < -0.3 is 19.7 Å². The van der Waals surface area contributed by atoms with Crippen molar-refractivity contribution in [2.75, 3.05) is 29.4 Å². The first-order chi connectivity index (χ1) is 17.9. The number of rotatable bonds is 6. The summed E-state index contributed by atoms with van der Waals surface area (Å²) in [4.78, 5) is 26.7. The summed E-state index contributed by atoms with van der Waals surface area (Å²) in [6.07, 6.45) is -8.55. The van der Waals surface area contributed by atoms with Crippen LogP contribution >= 0.6 is 11.3 Å². The van der Waals surface area contributed by atoms with Crippen molar-refractivity contribution in [2.24, 2.45) is 0 Å². The van der Waals surface area contributed by atoms with E-state index < -0.39 is 36.5 Å². The molecule has 1 atom stereocenters. The van der Waals surface area contributed by atoms with E-state index in [1.54, 1.807) is 4.90 Å². The molecule has 9 nitrogen and oxygen atoms in total. The Balaban J connectivity index is 1.42. The van der Waals surface area contributed by atoms with E-state index in [0.717, 1.165) is 27.7 Å². The van der Waals surface area contributed by atoms with Crippen LogP contribution in [0.1, 0.15) is 42.7 Å². The third kappa shape index (κ3) is 5.49. The number of anilines is 2. The number of thiophene rings is 1. The van der Waals surface area contributed by atoms with Crippen LogP contribution in [0.25, 0.3) is 10.2 Å². The van der Waals surface area contributed by atoms with Crippen LogP contribution in [-0.2, 0) is 30.5 Å². The van der Waals surface area contributed by atoms with Crippen LogP contribution in [0.15, 0.2) is 6.07 Å². The number of carbonyl (C=O) groups is 1. The molecule has 0 bridgehead atoms. The number of aromatic nitrogens is 5. The van der Waals surface area contributed by atoms with Crippen LogP contribution in [0, 0.1) is 0 Å². The molecule has 0 unspecified atom stereocenters. The van der Waals surface area contributed by atoms with E-state index in [1.165, 1.54) is 11.3 Å². The maximum atomic E-state index is 13.3. The minimum absolute atomic E-state index is 0.0288. The molecule has 5 rings (SSSR count). The number of hydrogen-bond acceptors (Lipinski definition) is 8. The Kier molecular flexibility index (Phi) is 6.86. The van der Waals surface area contributed by atoms with Gasteiger partial charge in [0.15, 0.2) is 5.82 Å². The molecular weight excluding hydrogens is 538 g/mol. The molecule has 3 aromatic heterocycles. The summed E-state index contributed by atoms with van der Waals surface area (Å²) in [7, 11) is 0. The molecule has 2 aliphatic rings. The van der Waals surface area contributed by atoms with Crippen LogP contribution in [0.5, 0.6) is 0 Å². The molecule has 16 heteroatoms. The van der Waals surface area contributed by atoms with E-state index in [9.17, 15) is 31.1 Å². The Morgan fingerprint density at radius 3 is 2.61 bits per heavy atom. The van der Waals surface area contributed by atoms with Crippen molar-refractivity contribution >= 4 is 39.2 Å². The van der Waals surface area contributed by atoms with Crippen molar-refractivity contribution in [3.8, 4) is 0 Å². The van der Waals surface area contributed by atoms with Gasteiger partial charge in [0, 0.05) is 37.1 Å². The predicted octanol–water partition coefficient (Wildman–Crippen LogP) is 3.92. The summed E-state index contributed by atoms with van der Waals surface area (Å²) < 4.78 is 78.6. The third-order valence-electron chi connectivity index (χ3n) is 6.41. The molecule has 1 amide bonds. The minimum Gasteiger partial charge on any atom is -0.351 e. The first-order valence-electron chi connectivity index (χ1n) is 12.1. The zero-order chi connectivity index (χ0) is 27.2. The second-order valence-electron chi connectivity index (χ2n) is 9.33. The lowest BCUT2D eigenvalue weighted by molar-refractivity contribution is -0.154. The van der Waals surface area contributed by atoms with Crippen LogP contribution in [0.2, 0.25) is 0 Å². The van der Waals surface area contributed by atoms with Crippen molar-refractivity contribution in [2.45, 2.75) is 64.1 Å². The number of nitrogens with zero attached hydrogens (tertiary/aromatic N) is 7. The van der Waals surface area contributed by atoms with Gasteiger partial charge in [-0.2, -0.15) is 31.3 Å². The van der Waals surface area contributed by atoms with Crippen LogP contribution < -0.4 is 15.1 Å². The topological polar surface area (TPSA) is 92.1 Å². The molecule has 38 heavy (non-hydrogen) atoms. The van der Waals surface area contributed by atoms with Crippen molar-refractivity contribution in [1.29, 1.82) is 0 Å². The average Bonchev–Trinajstić information content (AvgIpc) is 3.54. The minimum atomic E-state index is -4.60. The molecule has 0 saturated carbocycles. The monoisotopic (exact) mass is 562 g/mol. The Bertz CT molecular complexity index is 1340.